The summed E-state index contributed by atoms with van der Waals surface area (Å²) in [5.41, 5.74) is 0. The third kappa shape index (κ3) is 6.08. The van der Waals surface area contributed by atoms with Gasteiger partial charge in [0, 0.05) is 6.04 Å². The lowest BCUT2D eigenvalue weighted by molar-refractivity contribution is -0.141. The van der Waals surface area contributed by atoms with E-state index in [4.69, 9.17) is 5.11 Å². The fraction of sp³-hybridized carbons (Fsp3) is 0.750. The Balaban J connectivity index is 4.71. The third-order valence-corrected chi connectivity index (χ3v) is 2.58. The lowest BCUT2D eigenvalue weighted by atomic mass is 10.2. The Kier molecular flexibility index (Phi) is 7.55. The molecule has 0 saturated heterocycles. The Hall–Kier alpha value is -1.79. The van der Waals surface area contributed by atoms with Crippen molar-refractivity contribution >= 4 is 18.0 Å². The Morgan fingerprint density at radius 3 is 2.26 bits per heavy atom. The second-order valence-electron chi connectivity index (χ2n) is 4.43. The number of hydrogen-bond acceptors (Lipinski definition) is 4. The van der Waals surface area contributed by atoms with E-state index in [0.29, 0.717) is 12.8 Å². The second-order valence-corrected chi connectivity index (χ2v) is 4.43. The van der Waals surface area contributed by atoms with Gasteiger partial charge in [0.2, 0.25) is 0 Å². The molecule has 0 spiro atoms. The van der Waals surface area contributed by atoms with Gasteiger partial charge in [-0.1, -0.05) is 13.3 Å². The minimum atomic E-state index is -1.09. The number of carboxylic acid groups (broad SMARTS) is 1. The topological polar surface area (TPSA) is 95.9 Å². The molecule has 0 rings (SSSR count). The molecule has 19 heavy (non-hydrogen) atoms. The summed E-state index contributed by atoms with van der Waals surface area (Å²) in [6, 6.07) is -1.77. The lowest BCUT2D eigenvalue weighted by Gasteiger charge is -2.27. The number of rotatable bonds is 7. The van der Waals surface area contributed by atoms with Crippen LogP contribution in [0.5, 0.6) is 0 Å². The van der Waals surface area contributed by atoms with Crippen LogP contribution >= 0.6 is 0 Å². The van der Waals surface area contributed by atoms with E-state index < -0.39 is 24.0 Å². The molecule has 0 aromatic rings. The van der Waals surface area contributed by atoms with Crippen LogP contribution < -0.4 is 5.32 Å². The number of carboxylic acids is 1. The number of aliphatic carboxylic acids is 1. The van der Waals surface area contributed by atoms with Gasteiger partial charge >= 0.3 is 18.0 Å². The molecule has 0 aliphatic heterocycles. The van der Waals surface area contributed by atoms with Crippen LogP contribution in [0.25, 0.3) is 0 Å². The van der Waals surface area contributed by atoms with Crippen LogP contribution in [0, 0.1) is 0 Å². The van der Waals surface area contributed by atoms with Crippen LogP contribution in [0.1, 0.15) is 33.6 Å². The van der Waals surface area contributed by atoms with Crippen LogP contribution in [-0.4, -0.2) is 53.7 Å². The molecule has 2 amide bonds. The van der Waals surface area contributed by atoms with Gasteiger partial charge < -0.3 is 20.1 Å². The van der Waals surface area contributed by atoms with E-state index in [2.05, 4.69) is 10.1 Å². The maximum atomic E-state index is 12.0. The molecule has 110 valence electrons. The van der Waals surface area contributed by atoms with Crippen molar-refractivity contribution in [2.24, 2.45) is 0 Å². The second kappa shape index (κ2) is 8.34. The first kappa shape index (κ1) is 17.2. The van der Waals surface area contributed by atoms with Gasteiger partial charge in [0.25, 0.3) is 0 Å². The molecule has 7 nitrogen and oxygen atoms in total. The average Bonchev–Trinajstić information content (AvgIpc) is 2.34. The molecular formula is C12H22N2O5. The molecule has 0 heterocycles. The normalized spacial score (nSPS) is 11.8. The maximum Gasteiger partial charge on any atom is 0.326 e. The number of methoxy groups -OCH3 is 1. The zero-order valence-corrected chi connectivity index (χ0v) is 11.8. The molecule has 7 heteroatoms. The summed E-state index contributed by atoms with van der Waals surface area (Å²) in [6.07, 6.45) is 0.973. The fourth-order valence-electron chi connectivity index (χ4n) is 1.47. The number of ether oxygens (including phenoxy) is 1. The summed E-state index contributed by atoms with van der Waals surface area (Å²) in [5.74, 6) is -1.64. The van der Waals surface area contributed by atoms with Crippen LogP contribution in [0.4, 0.5) is 4.79 Å². The number of urea groups is 1. The van der Waals surface area contributed by atoms with Crippen molar-refractivity contribution in [2.45, 2.75) is 45.7 Å². The van der Waals surface area contributed by atoms with E-state index in [1.165, 1.54) is 12.0 Å². The summed E-state index contributed by atoms with van der Waals surface area (Å²) < 4.78 is 4.50. The molecule has 0 radical (unpaired) electrons. The van der Waals surface area contributed by atoms with E-state index in [-0.39, 0.29) is 12.6 Å². The molecule has 2 N–H and O–H groups in total. The predicted octanol–water partition coefficient (Wildman–Crippen LogP) is 0.833. The van der Waals surface area contributed by atoms with Crippen molar-refractivity contribution in [3.63, 3.8) is 0 Å². The first-order valence-electron chi connectivity index (χ1n) is 6.20. The zero-order valence-electron chi connectivity index (χ0n) is 11.8. The van der Waals surface area contributed by atoms with Gasteiger partial charge in [0.1, 0.15) is 12.6 Å². The van der Waals surface area contributed by atoms with Gasteiger partial charge in [-0.15, -0.1) is 0 Å². The van der Waals surface area contributed by atoms with Gasteiger partial charge in [-0.25, -0.2) is 9.59 Å². The van der Waals surface area contributed by atoms with Crippen molar-refractivity contribution in [3.05, 3.63) is 0 Å². The summed E-state index contributed by atoms with van der Waals surface area (Å²) >= 11 is 0. The van der Waals surface area contributed by atoms with Crippen LogP contribution in [0.3, 0.4) is 0 Å². The van der Waals surface area contributed by atoms with E-state index in [1.54, 1.807) is 13.8 Å². The highest BCUT2D eigenvalue weighted by molar-refractivity contribution is 5.85. The summed E-state index contributed by atoms with van der Waals surface area (Å²) in [4.78, 5) is 35.4. The van der Waals surface area contributed by atoms with Crippen molar-refractivity contribution < 1.29 is 24.2 Å². The standard InChI is InChI=1S/C12H22N2O5/c1-5-6-9(11(16)17)13-12(18)14(8(2)3)7-10(15)19-4/h8-9H,5-7H2,1-4H3,(H,13,18)(H,16,17)/t9-/m1/s1. The molecule has 0 saturated carbocycles. The molecule has 0 bridgehead atoms. The third-order valence-electron chi connectivity index (χ3n) is 2.58. The number of nitrogens with zero attached hydrogens (tertiary/aromatic N) is 1. The number of esters is 1. The molecule has 0 aliphatic rings. The van der Waals surface area contributed by atoms with Crippen molar-refractivity contribution in [3.8, 4) is 0 Å². The quantitative estimate of drug-likeness (QED) is 0.670. The zero-order chi connectivity index (χ0) is 15.0. The number of amides is 2. The molecule has 0 unspecified atom stereocenters. The Labute approximate surface area is 112 Å². The Morgan fingerprint density at radius 2 is 1.89 bits per heavy atom. The van der Waals surface area contributed by atoms with Crippen molar-refractivity contribution in [1.82, 2.24) is 10.2 Å². The van der Waals surface area contributed by atoms with Gasteiger partial charge in [-0.2, -0.15) is 0 Å². The number of carbonyl (C=O) groups is 3. The SMILES string of the molecule is CCC[C@@H](NC(=O)N(CC(=O)OC)C(C)C)C(=O)O. The minimum Gasteiger partial charge on any atom is -0.480 e. The van der Waals surface area contributed by atoms with E-state index >= 15 is 0 Å². The van der Waals surface area contributed by atoms with Gasteiger partial charge in [-0.05, 0) is 20.3 Å². The van der Waals surface area contributed by atoms with Crippen molar-refractivity contribution in [1.29, 1.82) is 0 Å². The van der Waals surface area contributed by atoms with Gasteiger partial charge in [-0.3, -0.25) is 4.79 Å². The maximum absolute atomic E-state index is 12.0. The lowest BCUT2D eigenvalue weighted by Crippen LogP contribution is -2.51. The molecule has 0 aliphatic carbocycles. The fourth-order valence-corrected chi connectivity index (χ4v) is 1.47. The highest BCUT2D eigenvalue weighted by atomic mass is 16.5. The molecule has 0 fully saturated rings. The number of carbonyl (C=O) groups excluding carboxylic acids is 2. The number of hydrogen-bond donors (Lipinski definition) is 2. The smallest absolute Gasteiger partial charge is 0.326 e. The first-order valence-corrected chi connectivity index (χ1v) is 6.20. The summed E-state index contributed by atoms with van der Waals surface area (Å²) in [6.45, 7) is 5.09. The number of nitrogens with one attached hydrogen (secondary N) is 1. The van der Waals surface area contributed by atoms with Crippen LogP contribution in [0.2, 0.25) is 0 Å². The molecule has 1 atom stereocenters. The Morgan fingerprint density at radius 1 is 1.32 bits per heavy atom. The van der Waals surface area contributed by atoms with Crippen LogP contribution in [0.15, 0.2) is 0 Å². The highest BCUT2D eigenvalue weighted by Crippen LogP contribution is 2.03. The summed E-state index contributed by atoms with van der Waals surface area (Å²) in [5, 5.41) is 11.4. The molecule has 0 aromatic heterocycles. The monoisotopic (exact) mass is 274 g/mol. The van der Waals surface area contributed by atoms with E-state index in [1.807, 2.05) is 6.92 Å². The molecule has 0 aromatic carbocycles. The van der Waals surface area contributed by atoms with Crippen LogP contribution in [-0.2, 0) is 14.3 Å². The van der Waals surface area contributed by atoms with E-state index in [0.717, 1.165) is 0 Å². The van der Waals surface area contributed by atoms with Gasteiger partial charge in [0.05, 0.1) is 7.11 Å². The first-order chi connectivity index (χ1) is 8.83. The average molecular weight is 274 g/mol. The van der Waals surface area contributed by atoms with E-state index in [9.17, 15) is 14.4 Å². The van der Waals surface area contributed by atoms with Gasteiger partial charge in [0.15, 0.2) is 0 Å². The molecular weight excluding hydrogens is 252 g/mol. The minimum absolute atomic E-state index is 0.210. The summed E-state index contributed by atoms with van der Waals surface area (Å²) in [7, 11) is 1.23. The predicted molar refractivity (Wildman–Crippen MR) is 68.7 cm³/mol. The highest BCUT2D eigenvalue weighted by Gasteiger charge is 2.25. The largest absolute Gasteiger partial charge is 0.480 e. The van der Waals surface area contributed by atoms with Crippen molar-refractivity contribution in [2.75, 3.05) is 13.7 Å². The Bertz CT molecular complexity index is 330.